The van der Waals surface area contributed by atoms with Gasteiger partial charge < -0.3 is 15.7 Å². The number of carbonyl (C=O) groups is 2. The van der Waals surface area contributed by atoms with Crippen LogP contribution in [0.4, 0.5) is 5.69 Å². The first-order valence-corrected chi connectivity index (χ1v) is 14.6. The quantitative estimate of drug-likeness (QED) is 0.387. The van der Waals surface area contributed by atoms with Gasteiger partial charge in [-0.2, -0.15) is 0 Å². The molecular formula is C30H39Cl2N3O3. The number of halogens is 2. The molecule has 4 N–H and O–H groups in total. The standard InChI is InChI=1S/C30H39Cl2N3O3/c1-5-29(16-28(2,3)4)30(21-14-9-17(31)15-23(21)34-27(30)38)24(20-7-6-8-22(20)32)25(35-29)26(37)33-18-10-12-19(36)13-11-18/h6-9,14-15,18-20,24-25,35-36H,5,10-13,16H2,1-4H3,(H,33,37)(H,34,38). The average molecular weight is 561 g/mol. The molecule has 2 aliphatic heterocycles. The number of aliphatic hydroxyl groups excluding tert-OH is 1. The maximum Gasteiger partial charge on any atom is 0.237 e. The van der Waals surface area contributed by atoms with Gasteiger partial charge in [0.25, 0.3) is 0 Å². The number of aliphatic hydroxyl groups is 1. The molecule has 1 aromatic carbocycles. The Bertz CT molecular complexity index is 1180. The predicted molar refractivity (Wildman–Crippen MR) is 152 cm³/mol. The van der Waals surface area contributed by atoms with Crippen molar-refractivity contribution in [2.24, 2.45) is 17.3 Å². The molecule has 6 nitrogen and oxygen atoms in total. The summed E-state index contributed by atoms with van der Waals surface area (Å²) in [5.74, 6) is -0.975. The molecule has 4 aliphatic rings. The van der Waals surface area contributed by atoms with Gasteiger partial charge in [-0.15, -0.1) is 0 Å². The lowest BCUT2D eigenvalue weighted by Gasteiger charge is -2.48. The van der Waals surface area contributed by atoms with Crippen molar-refractivity contribution in [1.29, 1.82) is 0 Å². The minimum absolute atomic E-state index is 0.00262. The van der Waals surface area contributed by atoms with Crippen LogP contribution in [0.1, 0.15) is 71.8 Å². The van der Waals surface area contributed by atoms with Crippen molar-refractivity contribution < 1.29 is 14.7 Å². The topological polar surface area (TPSA) is 90.5 Å². The van der Waals surface area contributed by atoms with Crippen LogP contribution in [0.15, 0.2) is 41.5 Å². The Labute approximate surface area is 235 Å². The average Bonchev–Trinajstić information content (AvgIpc) is 3.48. The van der Waals surface area contributed by atoms with Gasteiger partial charge in [0.1, 0.15) is 5.41 Å². The van der Waals surface area contributed by atoms with E-state index >= 15 is 0 Å². The maximum absolute atomic E-state index is 14.5. The van der Waals surface area contributed by atoms with Crippen LogP contribution in [-0.4, -0.2) is 40.6 Å². The van der Waals surface area contributed by atoms with Gasteiger partial charge in [-0.05, 0) is 67.7 Å². The zero-order chi connectivity index (χ0) is 27.5. The van der Waals surface area contributed by atoms with Crippen molar-refractivity contribution in [2.75, 3.05) is 5.32 Å². The number of carbonyl (C=O) groups excluding carboxylic acids is 2. The van der Waals surface area contributed by atoms with Crippen molar-refractivity contribution in [3.63, 3.8) is 0 Å². The molecule has 5 atom stereocenters. The molecule has 2 amide bonds. The second-order valence-corrected chi connectivity index (χ2v) is 13.6. The van der Waals surface area contributed by atoms with E-state index in [1.165, 1.54) is 0 Å². The molecule has 1 spiro atoms. The third-order valence-electron chi connectivity index (χ3n) is 9.10. The van der Waals surface area contributed by atoms with E-state index in [9.17, 15) is 14.7 Å². The van der Waals surface area contributed by atoms with Crippen LogP contribution in [0.5, 0.6) is 0 Å². The van der Waals surface area contributed by atoms with Gasteiger partial charge in [0.05, 0.1) is 12.1 Å². The summed E-state index contributed by atoms with van der Waals surface area (Å²) in [5, 5.41) is 21.4. The largest absolute Gasteiger partial charge is 0.393 e. The first kappa shape index (κ1) is 27.7. The van der Waals surface area contributed by atoms with Crippen molar-refractivity contribution in [2.45, 2.75) is 95.4 Å². The van der Waals surface area contributed by atoms with Crippen molar-refractivity contribution >= 4 is 40.7 Å². The molecule has 0 aromatic heterocycles. The van der Waals surface area contributed by atoms with Crippen molar-refractivity contribution in [3.05, 3.63) is 52.0 Å². The van der Waals surface area contributed by atoms with Crippen LogP contribution in [0.2, 0.25) is 5.02 Å². The summed E-state index contributed by atoms with van der Waals surface area (Å²) in [7, 11) is 0. The molecule has 5 rings (SSSR count). The fourth-order valence-electron chi connectivity index (χ4n) is 7.76. The lowest BCUT2D eigenvalue weighted by atomic mass is 9.54. The van der Waals surface area contributed by atoms with Gasteiger partial charge in [0, 0.05) is 39.2 Å². The molecule has 2 heterocycles. The summed E-state index contributed by atoms with van der Waals surface area (Å²) in [6, 6.07) is 4.94. The summed E-state index contributed by atoms with van der Waals surface area (Å²) in [6.07, 6.45) is 9.66. The van der Waals surface area contributed by atoms with Crippen LogP contribution in [0.25, 0.3) is 0 Å². The summed E-state index contributed by atoms with van der Waals surface area (Å²) in [6.45, 7) is 8.62. The number of hydrogen-bond acceptors (Lipinski definition) is 4. The third kappa shape index (κ3) is 4.42. The zero-order valence-electron chi connectivity index (χ0n) is 22.6. The monoisotopic (exact) mass is 559 g/mol. The summed E-state index contributed by atoms with van der Waals surface area (Å²) >= 11 is 13.2. The number of anilines is 1. The Morgan fingerprint density at radius 1 is 1.18 bits per heavy atom. The fraction of sp³-hybridized carbons (Fsp3) is 0.600. The first-order chi connectivity index (χ1) is 17.9. The third-order valence-corrected chi connectivity index (χ3v) is 9.71. The molecule has 0 bridgehead atoms. The number of amides is 2. The minimum Gasteiger partial charge on any atom is -0.393 e. The van der Waals surface area contributed by atoms with Gasteiger partial charge in [-0.3, -0.25) is 14.9 Å². The Hall–Kier alpha value is -1.86. The lowest BCUT2D eigenvalue weighted by molar-refractivity contribution is -0.127. The fourth-order valence-corrected chi connectivity index (χ4v) is 8.22. The molecule has 1 aromatic rings. The molecule has 1 saturated heterocycles. The van der Waals surface area contributed by atoms with Gasteiger partial charge in [-0.1, -0.05) is 69.1 Å². The molecule has 8 heteroatoms. The summed E-state index contributed by atoms with van der Waals surface area (Å²) < 4.78 is 0. The van der Waals surface area contributed by atoms with Crippen LogP contribution in [0, 0.1) is 17.3 Å². The second kappa shape index (κ2) is 9.96. The number of allylic oxidation sites excluding steroid dienone is 4. The molecule has 2 aliphatic carbocycles. The van der Waals surface area contributed by atoms with Crippen molar-refractivity contribution in [3.8, 4) is 0 Å². The van der Waals surface area contributed by atoms with E-state index in [0.717, 1.165) is 18.4 Å². The Morgan fingerprint density at radius 2 is 1.89 bits per heavy atom. The first-order valence-electron chi connectivity index (χ1n) is 13.8. The minimum atomic E-state index is -1.05. The molecule has 1 saturated carbocycles. The van der Waals surface area contributed by atoms with Crippen LogP contribution in [0.3, 0.4) is 0 Å². The van der Waals surface area contributed by atoms with Gasteiger partial charge in [0.15, 0.2) is 0 Å². The Kier molecular flexibility index (Phi) is 7.26. The normalized spacial score (nSPS) is 36.3. The van der Waals surface area contributed by atoms with E-state index < -0.39 is 22.9 Å². The van der Waals surface area contributed by atoms with Crippen LogP contribution in [-0.2, 0) is 15.0 Å². The summed E-state index contributed by atoms with van der Waals surface area (Å²) in [5.41, 5.74) is -0.321. The highest BCUT2D eigenvalue weighted by Crippen LogP contribution is 2.62. The van der Waals surface area contributed by atoms with E-state index in [-0.39, 0.29) is 35.3 Å². The maximum atomic E-state index is 14.5. The number of benzene rings is 1. The number of nitrogens with one attached hydrogen (secondary N) is 3. The molecule has 2 fully saturated rings. The van der Waals surface area contributed by atoms with E-state index in [2.05, 4.69) is 43.6 Å². The molecule has 0 radical (unpaired) electrons. The molecule has 206 valence electrons. The smallest absolute Gasteiger partial charge is 0.237 e. The van der Waals surface area contributed by atoms with Gasteiger partial charge >= 0.3 is 0 Å². The van der Waals surface area contributed by atoms with E-state index in [1.807, 2.05) is 30.4 Å². The number of fused-ring (bicyclic) bond motifs is 2. The van der Waals surface area contributed by atoms with Crippen LogP contribution < -0.4 is 16.0 Å². The van der Waals surface area contributed by atoms with E-state index in [1.54, 1.807) is 6.07 Å². The summed E-state index contributed by atoms with van der Waals surface area (Å²) in [4.78, 5) is 28.6. The predicted octanol–water partition coefficient (Wildman–Crippen LogP) is 5.43. The zero-order valence-corrected chi connectivity index (χ0v) is 24.1. The van der Waals surface area contributed by atoms with Gasteiger partial charge in [-0.25, -0.2) is 0 Å². The van der Waals surface area contributed by atoms with Crippen LogP contribution >= 0.6 is 23.2 Å². The lowest BCUT2D eigenvalue weighted by Crippen LogP contribution is -2.61. The Balaban J connectivity index is 1.68. The number of hydrogen-bond donors (Lipinski definition) is 4. The molecule has 5 unspecified atom stereocenters. The highest BCUT2D eigenvalue weighted by Gasteiger charge is 2.73. The Morgan fingerprint density at radius 3 is 2.50 bits per heavy atom. The highest BCUT2D eigenvalue weighted by atomic mass is 35.5. The highest BCUT2D eigenvalue weighted by molar-refractivity contribution is 6.31. The SMILES string of the molecule is CCC1(CC(C)(C)C)NC(C(=O)NC2CCC(O)CC2)C(C2C=CC=C2Cl)C12C(=O)Nc1cc(Cl)ccc12. The molecular weight excluding hydrogens is 521 g/mol. The van der Waals surface area contributed by atoms with Crippen molar-refractivity contribution in [1.82, 2.24) is 10.6 Å². The second-order valence-electron chi connectivity index (χ2n) is 12.7. The van der Waals surface area contributed by atoms with E-state index in [4.69, 9.17) is 23.2 Å². The number of rotatable bonds is 5. The van der Waals surface area contributed by atoms with E-state index in [0.29, 0.717) is 41.4 Å². The molecule has 38 heavy (non-hydrogen) atoms. The van der Waals surface area contributed by atoms with Gasteiger partial charge in [0.2, 0.25) is 11.8 Å².